The number of sulfonamides is 1. The molecule has 4 aromatic carbocycles. The fraction of sp³-hybridized carbons (Fsp3) is 0.0741. The lowest BCUT2D eigenvalue weighted by Gasteiger charge is -2.20. The Hall–Kier alpha value is -3.07. The number of halogens is 3. The minimum atomic E-state index is -4.22. The molecule has 190 valence electrons. The van der Waals surface area contributed by atoms with Gasteiger partial charge in [-0.05, 0) is 60.5 Å². The second-order valence-corrected chi connectivity index (χ2v) is 10.9. The van der Waals surface area contributed by atoms with Crippen molar-refractivity contribution >= 4 is 56.4 Å². The monoisotopic (exact) mass is 574 g/mol. The molecule has 0 spiro atoms. The summed E-state index contributed by atoms with van der Waals surface area (Å²) in [6, 6.07) is 25.7. The van der Waals surface area contributed by atoms with Crippen molar-refractivity contribution in [3.05, 3.63) is 118 Å². The van der Waals surface area contributed by atoms with Gasteiger partial charge in [0.2, 0.25) is 15.9 Å². The van der Waals surface area contributed by atoms with Gasteiger partial charge >= 0.3 is 0 Å². The number of ether oxygens (including phenoxy) is 1. The highest BCUT2D eigenvalue weighted by Crippen LogP contribution is 2.32. The number of para-hydroxylation sites is 1. The van der Waals surface area contributed by atoms with Gasteiger partial charge in [0.15, 0.2) is 5.75 Å². The van der Waals surface area contributed by atoms with E-state index in [1.165, 1.54) is 24.3 Å². The number of carbonyl (C=O) groups excluding carboxylic acids is 1. The van der Waals surface area contributed by atoms with Crippen molar-refractivity contribution in [2.45, 2.75) is 17.4 Å². The van der Waals surface area contributed by atoms with Crippen LogP contribution in [-0.4, -0.2) is 20.4 Å². The van der Waals surface area contributed by atoms with E-state index in [0.29, 0.717) is 16.5 Å². The average molecular weight is 576 g/mol. The number of hydrogen-bond acceptors (Lipinski definition) is 4. The van der Waals surface area contributed by atoms with Gasteiger partial charge in [-0.2, -0.15) is 4.72 Å². The molecule has 4 aromatic rings. The van der Waals surface area contributed by atoms with E-state index in [4.69, 9.17) is 39.5 Å². The molecule has 0 saturated carbocycles. The maximum Gasteiger partial charge on any atom is 0.243 e. The summed E-state index contributed by atoms with van der Waals surface area (Å²) in [5.74, 6) is 0.270. The van der Waals surface area contributed by atoms with Gasteiger partial charge in [0.25, 0.3) is 0 Å². The number of benzene rings is 4. The molecule has 0 aliphatic rings. The molecule has 1 atom stereocenters. The van der Waals surface area contributed by atoms with Crippen LogP contribution in [0.15, 0.2) is 102 Å². The molecule has 37 heavy (non-hydrogen) atoms. The number of amides is 1. The molecule has 0 bridgehead atoms. The first-order valence-electron chi connectivity index (χ1n) is 11.1. The lowest BCUT2D eigenvalue weighted by atomic mass is 10.1. The van der Waals surface area contributed by atoms with Gasteiger partial charge in [-0.25, -0.2) is 8.42 Å². The third-order valence-electron chi connectivity index (χ3n) is 5.25. The second-order valence-electron chi connectivity index (χ2n) is 7.98. The van der Waals surface area contributed by atoms with E-state index in [1.807, 2.05) is 24.3 Å². The largest absolute Gasteiger partial charge is 0.455 e. The van der Waals surface area contributed by atoms with E-state index in [1.54, 1.807) is 48.5 Å². The van der Waals surface area contributed by atoms with E-state index < -0.39 is 22.0 Å². The van der Waals surface area contributed by atoms with Gasteiger partial charge < -0.3 is 10.1 Å². The van der Waals surface area contributed by atoms with Gasteiger partial charge in [-0.1, -0.05) is 83.3 Å². The fourth-order valence-corrected chi connectivity index (χ4v) is 5.63. The van der Waals surface area contributed by atoms with Gasteiger partial charge in [0, 0.05) is 10.0 Å². The molecule has 6 nitrogen and oxygen atoms in total. The topological polar surface area (TPSA) is 84.5 Å². The van der Waals surface area contributed by atoms with Gasteiger partial charge in [0.1, 0.15) is 16.7 Å². The maximum absolute atomic E-state index is 13.5. The molecule has 10 heteroatoms. The summed E-state index contributed by atoms with van der Waals surface area (Å²) >= 11 is 18.3. The van der Waals surface area contributed by atoms with Gasteiger partial charge in [-0.3, -0.25) is 4.79 Å². The molecule has 0 unspecified atom stereocenters. The summed E-state index contributed by atoms with van der Waals surface area (Å²) in [6.45, 7) is 0. The van der Waals surface area contributed by atoms with Crippen molar-refractivity contribution in [2.24, 2.45) is 0 Å². The van der Waals surface area contributed by atoms with E-state index >= 15 is 0 Å². The first kappa shape index (κ1) is 27.0. The number of hydrogen-bond donors (Lipinski definition) is 2. The van der Waals surface area contributed by atoms with E-state index in [-0.39, 0.29) is 27.0 Å². The molecule has 0 heterocycles. The zero-order chi connectivity index (χ0) is 26.4. The Morgan fingerprint density at radius 2 is 1.43 bits per heavy atom. The molecular formula is C27H21Cl3N2O4S. The SMILES string of the molecule is O=C(Nc1cc(Cl)ccc1Oc1ccccc1)[C@H](Cc1ccccc1)NS(=O)(=O)c1cc(Cl)ccc1Cl. The summed E-state index contributed by atoms with van der Waals surface area (Å²) < 4.78 is 34.9. The lowest BCUT2D eigenvalue weighted by Crippen LogP contribution is -2.45. The van der Waals surface area contributed by atoms with Crippen LogP contribution < -0.4 is 14.8 Å². The Bertz CT molecular complexity index is 1500. The minimum absolute atomic E-state index is 0.0239. The van der Waals surface area contributed by atoms with Crippen molar-refractivity contribution in [1.82, 2.24) is 4.72 Å². The Morgan fingerprint density at radius 3 is 2.14 bits per heavy atom. The predicted octanol–water partition coefficient (Wildman–Crippen LogP) is 6.97. The summed E-state index contributed by atoms with van der Waals surface area (Å²) in [5.41, 5.74) is 1.02. The maximum atomic E-state index is 13.5. The molecule has 2 N–H and O–H groups in total. The number of anilines is 1. The molecule has 0 aliphatic heterocycles. The van der Waals surface area contributed by atoms with Crippen LogP contribution in [0.4, 0.5) is 5.69 Å². The average Bonchev–Trinajstić information content (AvgIpc) is 2.88. The van der Waals surface area contributed by atoms with E-state index in [9.17, 15) is 13.2 Å². The highest BCUT2D eigenvalue weighted by molar-refractivity contribution is 7.89. The summed E-state index contributed by atoms with van der Waals surface area (Å²) in [5, 5.41) is 3.29. The summed E-state index contributed by atoms with van der Waals surface area (Å²) in [6.07, 6.45) is 0.0690. The highest BCUT2D eigenvalue weighted by Gasteiger charge is 2.28. The molecule has 1 amide bonds. The van der Waals surface area contributed by atoms with E-state index in [2.05, 4.69) is 10.0 Å². The number of carbonyl (C=O) groups is 1. The number of rotatable bonds is 9. The molecule has 0 aromatic heterocycles. The molecule has 0 saturated heterocycles. The second kappa shape index (κ2) is 12.0. The van der Waals surface area contributed by atoms with Crippen molar-refractivity contribution < 1.29 is 17.9 Å². The van der Waals surface area contributed by atoms with Crippen molar-refractivity contribution in [2.75, 3.05) is 5.32 Å². The molecule has 4 rings (SSSR count). The highest BCUT2D eigenvalue weighted by atomic mass is 35.5. The van der Waals surface area contributed by atoms with Crippen LogP contribution >= 0.6 is 34.8 Å². The first-order valence-corrected chi connectivity index (χ1v) is 13.7. The zero-order valence-corrected chi connectivity index (χ0v) is 22.3. The molecule has 0 radical (unpaired) electrons. The van der Waals surface area contributed by atoms with Crippen LogP contribution in [0, 0.1) is 0 Å². The van der Waals surface area contributed by atoms with Crippen LogP contribution in [0.5, 0.6) is 11.5 Å². The van der Waals surface area contributed by atoms with Crippen LogP contribution in [-0.2, 0) is 21.2 Å². The third-order valence-corrected chi connectivity index (χ3v) is 7.67. The molecular weight excluding hydrogens is 555 g/mol. The normalized spacial score (nSPS) is 12.1. The lowest BCUT2D eigenvalue weighted by molar-refractivity contribution is -0.117. The Labute approximate surface area is 230 Å². The first-order chi connectivity index (χ1) is 17.7. The van der Waals surface area contributed by atoms with Crippen molar-refractivity contribution in [1.29, 1.82) is 0 Å². The van der Waals surface area contributed by atoms with Crippen LogP contribution in [0.25, 0.3) is 0 Å². The fourth-order valence-electron chi connectivity index (χ4n) is 3.50. The van der Waals surface area contributed by atoms with Gasteiger partial charge in [0.05, 0.1) is 10.7 Å². The predicted molar refractivity (Wildman–Crippen MR) is 147 cm³/mol. The zero-order valence-electron chi connectivity index (χ0n) is 19.2. The Balaban J connectivity index is 1.65. The van der Waals surface area contributed by atoms with Gasteiger partial charge in [-0.15, -0.1) is 0 Å². The van der Waals surface area contributed by atoms with Crippen molar-refractivity contribution in [3.63, 3.8) is 0 Å². The smallest absolute Gasteiger partial charge is 0.243 e. The quantitative estimate of drug-likeness (QED) is 0.226. The van der Waals surface area contributed by atoms with Crippen molar-refractivity contribution in [3.8, 4) is 11.5 Å². The van der Waals surface area contributed by atoms with E-state index in [0.717, 1.165) is 5.56 Å². The van der Waals surface area contributed by atoms with Crippen LogP contribution in [0.1, 0.15) is 5.56 Å². The number of nitrogens with one attached hydrogen (secondary N) is 2. The standard InChI is InChI=1S/C27H21Cl3N2O4S/c28-19-12-14-25(36-21-9-5-2-6-10-21)23(16-19)31-27(33)24(15-18-7-3-1-4-8-18)32-37(34,35)26-17-20(29)11-13-22(26)30/h1-14,16-17,24,32H,15H2,(H,31,33)/t24-/m0/s1. The van der Waals surface area contributed by atoms with Crippen LogP contribution in [0.3, 0.4) is 0 Å². The minimum Gasteiger partial charge on any atom is -0.455 e. The summed E-state index contributed by atoms with van der Waals surface area (Å²) in [7, 11) is -4.22. The summed E-state index contributed by atoms with van der Waals surface area (Å²) in [4.78, 5) is 13.3. The molecule has 0 fully saturated rings. The van der Waals surface area contributed by atoms with Crippen LogP contribution in [0.2, 0.25) is 15.1 Å². The Morgan fingerprint density at radius 1 is 0.811 bits per heavy atom. The third kappa shape index (κ3) is 7.25. The molecule has 0 aliphatic carbocycles. The Kier molecular flexibility index (Phi) is 8.74.